The summed E-state index contributed by atoms with van der Waals surface area (Å²) in [4.78, 5) is 9.68. The molecule has 0 atom stereocenters. The molecular formula is C8H5BrFO2. The zero-order valence-electron chi connectivity index (χ0n) is 6.01. The van der Waals surface area contributed by atoms with Gasteiger partial charge in [0.2, 0.25) is 0 Å². The molecule has 12 heavy (non-hydrogen) atoms. The van der Waals surface area contributed by atoms with Crippen LogP contribution in [0.2, 0.25) is 0 Å². The maximum Gasteiger partial charge on any atom is 0.417 e. The molecule has 63 valence electrons. The van der Waals surface area contributed by atoms with Gasteiger partial charge in [0.05, 0.1) is 0 Å². The molecule has 0 saturated carbocycles. The van der Waals surface area contributed by atoms with Crippen molar-refractivity contribution in [3.63, 3.8) is 0 Å². The van der Waals surface area contributed by atoms with Crippen LogP contribution in [0.1, 0.15) is 5.56 Å². The minimum atomic E-state index is -0.403. The maximum atomic E-state index is 12.9. The molecule has 0 unspecified atom stereocenters. The average Bonchev–Trinajstić information content (AvgIpc) is 2.03. The molecule has 0 aliphatic carbocycles. The van der Waals surface area contributed by atoms with E-state index < -0.39 is 5.82 Å². The Morgan fingerprint density at radius 3 is 2.92 bits per heavy atom. The molecule has 0 aromatic heterocycles. The Morgan fingerprint density at radius 1 is 1.58 bits per heavy atom. The van der Waals surface area contributed by atoms with E-state index in [0.29, 0.717) is 10.0 Å². The Hall–Kier alpha value is -0.900. The number of benzene rings is 1. The monoisotopic (exact) mass is 231 g/mol. The molecular weight excluding hydrogens is 227 g/mol. The number of rotatable bonds is 3. The van der Waals surface area contributed by atoms with Crippen LogP contribution < -0.4 is 0 Å². The van der Waals surface area contributed by atoms with Gasteiger partial charge in [0, 0.05) is 10.0 Å². The largest absolute Gasteiger partial charge is 0.452 e. The molecule has 4 heteroatoms. The summed E-state index contributed by atoms with van der Waals surface area (Å²) in [5.74, 6) is -0.403. The SMILES string of the molecule is O=[C]OCc1ccc(Br)cc1F. The molecule has 0 amide bonds. The van der Waals surface area contributed by atoms with Gasteiger partial charge in [-0.1, -0.05) is 22.0 Å². The van der Waals surface area contributed by atoms with Gasteiger partial charge in [-0.3, -0.25) is 0 Å². The molecule has 0 bridgehead atoms. The Labute approximate surface area is 77.5 Å². The smallest absolute Gasteiger partial charge is 0.417 e. The lowest BCUT2D eigenvalue weighted by Crippen LogP contribution is -1.93. The second kappa shape index (κ2) is 4.21. The van der Waals surface area contributed by atoms with E-state index in [1.54, 1.807) is 6.07 Å². The van der Waals surface area contributed by atoms with Crippen molar-refractivity contribution >= 4 is 22.4 Å². The van der Waals surface area contributed by atoms with Gasteiger partial charge in [-0.15, -0.1) is 0 Å². The second-order valence-corrected chi connectivity index (χ2v) is 3.02. The van der Waals surface area contributed by atoms with Crippen LogP contribution >= 0.6 is 15.9 Å². The van der Waals surface area contributed by atoms with Crippen LogP contribution in [-0.4, -0.2) is 6.47 Å². The molecule has 0 aliphatic heterocycles. The first kappa shape index (κ1) is 9.19. The highest BCUT2D eigenvalue weighted by Gasteiger charge is 2.02. The molecule has 1 aromatic carbocycles. The predicted octanol–water partition coefficient (Wildman–Crippen LogP) is 2.17. The van der Waals surface area contributed by atoms with Gasteiger partial charge in [-0.05, 0) is 12.1 Å². The van der Waals surface area contributed by atoms with E-state index >= 15 is 0 Å². The summed E-state index contributed by atoms with van der Waals surface area (Å²) in [7, 11) is 0. The maximum absolute atomic E-state index is 12.9. The number of carbonyl (C=O) groups excluding carboxylic acids is 1. The van der Waals surface area contributed by atoms with Crippen LogP contribution in [0.25, 0.3) is 0 Å². The Morgan fingerprint density at radius 2 is 2.33 bits per heavy atom. The van der Waals surface area contributed by atoms with Crippen LogP contribution in [-0.2, 0) is 16.1 Å². The summed E-state index contributed by atoms with van der Waals surface area (Å²) < 4.78 is 17.9. The molecule has 0 saturated heterocycles. The highest BCUT2D eigenvalue weighted by Crippen LogP contribution is 2.15. The molecule has 1 aromatic rings. The van der Waals surface area contributed by atoms with Crippen molar-refractivity contribution in [3.05, 3.63) is 34.1 Å². The van der Waals surface area contributed by atoms with E-state index in [1.807, 2.05) is 0 Å². The lowest BCUT2D eigenvalue weighted by molar-refractivity contribution is 0.262. The molecule has 0 N–H and O–H groups in total. The predicted molar refractivity (Wildman–Crippen MR) is 44.6 cm³/mol. The minimum absolute atomic E-state index is 0.0807. The summed E-state index contributed by atoms with van der Waals surface area (Å²) >= 11 is 3.11. The summed E-state index contributed by atoms with van der Waals surface area (Å²) in [5.41, 5.74) is 0.335. The first-order valence-electron chi connectivity index (χ1n) is 3.17. The van der Waals surface area contributed by atoms with Gasteiger partial charge < -0.3 is 4.74 Å². The van der Waals surface area contributed by atoms with Gasteiger partial charge >= 0.3 is 6.47 Å². The fourth-order valence-electron chi connectivity index (χ4n) is 0.746. The number of halogens is 2. The minimum Gasteiger partial charge on any atom is -0.452 e. The van der Waals surface area contributed by atoms with Gasteiger partial charge in [0.15, 0.2) is 0 Å². The van der Waals surface area contributed by atoms with Gasteiger partial charge in [-0.2, -0.15) is 0 Å². The quantitative estimate of drug-likeness (QED) is 0.798. The highest BCUT2D eigenvalue weighted by molar-refractivity contribution is 9.10. The van der Waals surface area contributed by atoms with Gasteiger partial charge in [0.1, 0.15) is 12.4 Å². The van der Waals surface area contributed by atoms with Gasteiger partial charge in [0.25, 0.3) is 0 Å². The van der Waals surface area contributed by atoms with Crippen molar-refractivity contribution in [1.82, 2.24) is 0 Å². The van der Waals surface area contributed by atoms with E-state index in [1.165, 1.54) is 18.6 Å². The summed E-state index contributed by atoms with van der Waals surface area (Å²) in [5, 5.41) is 0. The number of hydrogen-bond acceptors (Lipinski definition) is 2. The summed E-state index contributed by atoms with van der Waals surface area (Å²) in [6.45, 7) is 1.15. The Kier molecular flexibility index (Phi) is 3.22. The first-order chi connectivity index (χ1) is 5.74. The van der Waals surface area contributed by atoms with Crippen LogP contribution in [0.3, 0.4) is 0 Å². The van der Waals surface area contributed by atoms with Gasteiger partial charge in [-0.25, -0.2) is 9.18 Å². The second-order valence-electron chi connectivity index (χ2n) is 2.11. The van der Waals surface area contributed by atoms with Crippen molar-refractivity contribution in [2.24, 2.45) is 0 Å². The molecule has 2 nitrogen and oxygen atoms in total. The average molecular weight is 232 g/mol. The summed E-state index contributed by atoms with van der Waals surface area (Å²) in [6.07, 6.45) is 0. The number of ether oxygens (including phenoxy) is 1. The molecule has 1 radical (unpaired) electrons. The van der Waals surface area contributed by atoms with Crippen molar-refractivity contribution in [2.45, 2.75) is 6.61 Å². The third-order valence-electron chi connectivity index (χ3n) is 1.30. The van der Waals surface area contributed by atoms with Crippen LogP contribution in [0, 0.1) is 5.82 Å². The van der Waals surface area contributed by atoms with E-state index in [-0.39, 0.29) is 6.61 Å². The number of hydrogen-bond donors (Lipinski definition) is 0. The summed E-state index contributed by atoms with van der Waals surface area (Å²) in [6, 6.07) is 4.52. The third-order valence-corrected chi connectivity index (χ3v) is 1.79. The molecule has 0 fully saturated rings. The zero-order valence-corrected chi connectivity index (χ0v) is 7.60. The first-order valence-corrected chi connectivity index (χ1v) is 3.96. The third kappa shape index (κ3) is 2.30. The highest BCUT2D eigenvalue weighted by atomic mass is 79.9. The van der Waals surface area contributed by atoms with Crippen LogP contribution in [0.5, 0.6) is 0 Å². The standard InChI is InChI=1S/C8H5BrFO2/c9-7-2-1-6(4-12-5-11)8(10)3-7/h1-3H,4H2. The Balaban J connectivity index is 2.78. The topological polar surface area (TPSA) is 26.3 Å². The normalized spacial score (nSPS) is 9.50. The zero-order chi connectivity index (χ0) is 8.97. The Bertz CT molecular complexity index is 288. The van der Waals surface area contributed by atoms with Crippen molar-refractivity contribution in [1.29, 1.82) is 0 Å². The fourth-order valence-corrected chi connectivity index (χ4v) is 1.08. The van der Waals surface area contributed by atoms with Crippen molar-refractivity contribution in [2.75, 3.05) is 0 Å². The molecule has 0 spiro atoms. The lowest BCUT2D eigenvalue weighted by Gasteiger charge is -2.00. The lowest BCUT2D eigenvalue weighted by atomic mass is 10.2. The van der Waals surface area contributed by atoms with Crippen molar-refractivity contribution < 1.29 is 13.9 Å². The fraction of sp³-hybridized carbons (Fsp3) is 0.125. The van der Waals surface area contributed by atoms with Crippen molar-refractivity contribution in [3.8, 4) is 0 Å². The van der Waals surface area contributed by atoms with E-state index in [4.69, 9.17) is 0 Å². The van der Waals surface area contributed by atoms with E-state index in [0.717, 1.165) is 0 Å². The molecule has 0 heterocycles. The molecule has 1 rings (SSSR count). The van der Waals surface area contributed by atoms with E-state index in [2.05, 4.69) is 20.7 Å². The van der Waals surface area contributed by atoms with Crippen LogP contribution in [0.15, 0.2) is 22.7 Å². The molecule has 0 aliphatic rings. The van der Waals surface area contributed by atoms with Crippen LogP contribution in [0.4, 0.5) is 4.39 Å². The van der Waals surface area contributed by atoms with E-state index in [9.17, 15) is 9.18 Å².